The Labute approximate surface area is 124 Å². The van der Waals surface area contributed by atoms with Gasteiger partial charge in [-0.3, -0.25) is 0 Å². The molecular weight excluding hydrogens is 272 g/mol. The molecular formula is C13H22N6S. The maximum absolute atomic E-state index is 4.60. The molecule has 2 aliphatic rings. The molecule has 110 valence electrons. The summed E-state index contributed by atoms with van der Waals surface area (Å²) in [5.74, 6) is 4.56. The zero-order valence-corrected chi connectivity index (χ0v) is 12.7. The molecule has 0 radical (unpaired) electrons. The molecule has 2 fully saturated rings. The number of thioether (sulfide) groups is 1. The summed E-state index contributed by atoms with van der Waals surface area (Å²) in [7, 11) is 1.85. The van der Waals surface area contributed by atoms with Crippen molar-refractivity contribution in [3.63, 3.8) is 0 Å². The van der Waals surface area contributed by atoms with Crippen molar-refractivity contribution in [1.82, 2.24) is 15.0 Å². The highest BCUT2D eigenvalue weighted by Crippen LogP contribution is 2.22. The van der Waals surface area contributed by atoms with E-state index >= 15 is 0 Å². The van der Waals surface area contributed by atoms with E-state index in [0.717, 1.165) is 24.8 Å². The Morgan fingerprint density at radius 3 is 2.60 bits per heavy atom. The molecule has 1 unspecified atom stereocenters. The van der Waals surface area contributed by atoms with Crippen LogP contribution in [-0.2, 0) is 0 Å². The minimum Gasteiger partial charge on any atom is -0.357 e. The van der Waals surface area contributed by atoms with Crippen LogP contribution in [0.15, 0.2) is 0 Å². The lowest BCUT2D eigenvalue weighted by molar-refractivity contribution is 0.677. The molecule has 0 spiro atoms. The number of nitrogens with zero attached hydrogens (tertiary/aromatic N) is 4. The van der Waals surface area contributed by atoms with Crippen LogP contribution in [0.2, 0.25) is 0 Å². The van der Waals surface area contributed by atoms with Crippen LogP contribution in [0.4, 0.5) is 17.8 Å². The first-order valence-corrected chi connectivity index (χ1v) is 8.53. The minimum absolute atomic E-state index is 0.479. The molecule has 1 atom stereocenters. The van der Waals surface area contributed by atoms with E-state index in [-0.39, 0.29) is 0 Å². The lowest BCUT2D eigenvalue weighted by atomic mass is 10.2. The summed E-state index contributed by atoms with van der Waals surface area (Å²) in [6.45, 7) is 2.10. The van der Waals surface area contributed by atoms with Crippen LogP contribution in [0.5, 0.6) is 0 Å². The second-order valence-electron chi connectivity index (χ2n) is 5.29. The van der Waals surface area contributed by atoms with Crippen molar-refractivity contribution in [1.29, 1.82) is 0 Å². The third kappa shape index (κ3) is 3.26. The van der Waals surface area contributed by atoms with Gasteiger partial charge < -0.3 is 15.5 Å². The third-order valence-electron chi connectivity index (χ3n) is 3.73. The molecule has 3 heterocycles. The summed E-state index contributed by atoms with van der Waals surface area (Å²) >= 11 is 2.00. The molecule has 0 aliphatic carbocycles. The highest BCUT2D eigenvalue weighted by molar-refractivity contribution is 7.99. The van der Waals surface area contributed by atoms with E-state index in [4.69, 9.17) is 0 Å². The van der Waals surface area contributed by atoms with Crippen LogP contribution >= 0.6 is 11.8 Å². The van der Waals surface area contributed by atoms with Crippen LogP contribution in [0.1, 0.15) is 25.7 Å². The Hall–Kier alpha value is -1.24. The van der Waals surface area contributed by atoms with Gasteiger partial charge in [-0.15, -0.1) is 0 Å². The first-order valence-electron chi connectivity index (χ1n) is 7.38. The Morgan fingerprint density at radius 2 is 1.90 bits per heavy atom. The molecule has 0 aromatic carbocycles. The molecule has 1 aromatic rings. The largest absolute Gasteiger partial charge is 0.357 e. The topological polar surface area (TPSA) is 66.0 Å². The van der Waals surface area contributed by atoms with Crippen LogP contribution in [-0.4, -0.2) is 52.6 Å². The van der Waals surface area contributed by atoms with Gasteiger partial charge in [-0.2, -0.15) is 26.7 Å². The maximum atomic E-state index is 4.60. The Kier molecular flexibility index (Phi) is 4.44. The summed E-state index contributed by atoms with van der Waals surface area (Å²) in [5, 5.41) is 6.50. The third-order valence-corrected chi connectivity index (χ3v) is 4.95. The fraction of sp³-hybridized carbons (Fsp3) is 0.769. The van der Waals surface area contributed by atoms with Crippen molar-refractivity contribution in [2.45, 2.75) is 31.7 Å². The average molecular weight is 294 g/mol. The Bertz CT molecular complexity index is 442. The fourth-order valence-corrected chi connectivity index (χ4v) is 3.71. The van der Waals surface area contributed by atoms with E-state index in [0.29, 0.717) is 17.9 Å². The van der Waals surface area contributed by atoms with E-state index in [2.05, 4.69) is 30.5 Å². The maximum Gasteiger partial charge on any atom is 0.231 e. The van der Waals surface area contributed by atoms with E-state index in [1.807, 2.05) is 18.8 Å². The van der Waals surface area contributed by atoms with E-state index in [1.165, 1.54) is 31.4 Å². The lowest BCUT2D eigenvalue weighted by Gasteiger charge is -2.23. The fourth-order valence-electron chi connectivity index (χ4n) is 2.64. The van der Waals surface area contributed by atoms with E-state index < -0.39 is 0 Å². The highest BCUT2D eigenvalue weighted by atomic mass is 32.2. The standard InChI is InChI=1S/C13H22N6S/c1-14-11-16-12(15-10-5-4-8-20-9-10)18-13(17-11)19-6-2-3-7-19/h10H,2-9H2,1H3,(H2,14,15,16,17,18). The normalized spacial score (nSPS) is 22.9. The second-order valence-corrected chi connectivity index (χ2v) is 6.44. The Balaban J connectivity index is 1.76. The number of nitrogens with one attached hydrogen (secondary N) is 2. The molecule has 7 heteroatoms. The number of rotatable bonds is 4. The highest BCUT2D eigenvalue weighted by Gasteiger charge is 2.19. The average Bonchev–Trinajstić information content (AvgIpc) is 3.02. The summed E-state index contributed by atoms with van der Waals surface area (Å²) in [4.78, 5) is 15.8. The van der Waals surface area contributed by atoms with Crippen molar-refractivity contribution in [3.8, 4) is 0 Å². The summed E-state index contributed by atoms with van der Waals surface area (Å²) in [5.41, 5.74) is 0. The van der Waals surface area contributed by atoms with Crippen molar-refractivity contribution in [2.75, 3.05) is 47.2 Å². The van der Waals surface area contributed by atoms with Gasteiger partial charge in [-0.1, -0.05) is 0 Å². The smallest absolute Gasteiger partial charge is 0.231 e. The summed E-state index contributed by atoms with van der Waals surface area (Å²) in [6.07, 6.45) is 4.92. The van der Waals surface area contributed by atoms with Crippen molar-refractivity contribution in [3.05, 3.63) is 0 Å². The molecule has 3 rings (SSSR count). The quantitative estimate of drug-likeness (QED) is 0.878. The van der Waals surface area contributed by atoms with Gasteiger partial charge in [0.15, 0.2) is 0 Å². The van der Waals surface area contributed by atoms with Gasteiger partial charge in [-0.05, 0) is 31.4 Å². The molecule has 1 aromatic heterocycles. The van der Waals surface area contributed by atoms with Crippen LogP contribution in [0, 0.1) is 0 Å². The SMILES string of the molecule is CNc1nc(NC2CCCSC2)nc(N2CCCC2)n1. The van der Waals surface area contributed by atoms with Crippen LogP contribution < -0.4 is 15.5 Å². The molecule has 20 heavy (non-hydrogen) atoms. The van der Waals surface area contributed by atoms with Crippen LogP contribution in [0.3, 0.4) is 0 Å². The summed E-state index contributed by atoms with van der Waals surface area (Å²) in [6, 6.07) is 0.479. The number of hydrogen-bond acceptors (Lipinski definition) is 7. The zero-order valence-electron chi connectivity index (χ0n) is 11.9. The number of anilines is 3. The molecule has 2 N–H and O–H groups in total. The minimum atomic E-state index is 0.479. The van der Waals surface area contributed by atoms with Gasteiger partial charge in [0.05, 0.1) is 0 Å². The molecule has 2 saturated heterocycles. The first-order chi connectivity index (χ1) is 9.85. The number of hydrogen-bond donors (Lipinski definition) is 2. The first kappa shape index (κ1) is 13.7. The monoisotopic (exact) mass is 294 g/mol. The van der Waals surface area contributed by atoms with Gasteiger partial charge in [0.2, 0.25) is 17.8 Å². The predicted molar refractivity (Wildman–Crippen MR) is 84.8 cm³/mol. The summed E-state index contributed by atoms with van der Waals surface area (Å²) < 4.78 is 0. The van der Waals surface area contributed by atoms with Crippen molar-refractivity contribution < 1.29 is 0 Å². The van der Waals surface area contributed by atoms with Gasteiger partial charge >= 0.3 is 0 Å². The second kappa shape index (κ2) is 6.47. The van der Waals surface area contributed by atoms with Gasteiger partial charge in [-0.25, -0.2) is 0 Å². The van der Waals surface area contributed by atoms with E-state index in [1.54, 1.807) is 0 Å². The number of aromatic nitrogens is 3. The zero-order chi connectivity index (χ0) is 13.8. The van der Waals surface area contributed by atoms with Crippen molar-refractivity contribution >= 4 is 29.6 Å². The predicted octanol–water partition coefficient (Wildman–Crippen LogP) is 1.82. The molecule has 0 bridgehead atoms. The van der Waals surface area contributed by atoms with Gasteiger partial charge in [0, 0.05) is 31.9 Å². The van der Waals surface area contributed by atoms with Gasteiger partial charge in [0.25, 0.3) is 0 Å². The molecule has 2 aliphatic heterocycles. The van der Waals surface area contributed by atoms with Crippen molar-refractivity contribution in [2.24, 2.45) is 0 Å². The Morgan fingerprint density at radius 1 is 1.10 bits per heavy atom. The molecule has 0 amide bonds. The molecule has 6 nitrogen and oxygen atoms in total. The lowest BCUT2D eigenvalue weighted by Crippen LogP contribution is -2.28. The molecule has 0 saturated carbocycles. The van der Waals surface area contributed by atoms with Crippen LogP contribution in [0.25, 0.3) is 0 Å². The van der Waals surface area contributed by atoms with E-state index in [9.17, 15) is 0 Å². The van der Waals surface area contributed by atoms with Gasteiger partial charge in [0.1, 0.15) is 0 Å².